The Morgan fingerprint density at radius 2 is 1.29 bits per heavy atom. The molecule has 0 heterocycles. The highest BCUT2D eigenvalue weighted by Gasteiger charge is 2.57. The SMILES string of the molecule is [B][B]B([B])C(B([B])[B])B([B])[B]C[Si](C)(C)O[Si](C)(C)O[Si](C)(C)C(B([B])[B])(B([B])[B][B])B([B])[B]C. The van der Waals surface area contributed by atoms with Gasteiger partial charge >= 0.3 is 8.56 Å². The first-order valence-corrected chi connectivity index (χ1v) is 20.8. The van der Waals surface area contributed by atoms with Crippen LogP contribution < -0.4 is 0 Å². The second kappa shape index (κ2) is 15.0. The van der Waals surface area contributed by atoms with Crippen molar-refractivity contribution in [2.75, 3.05) is 0 Å². The first-order valence-electron chi connectivity index (χ1n) is 11.9. The fourth-order valence-electron chi connectivity index (χ4n) is 5.21. The van der Waals surface area contributed by atoms with Crippen LogP contribution in [-0.2, 0) is 8.23 Å². The minimum absolute atomic E-state index is 0.398. The van der Waals surface area contributed by atoms with Crippen molar-refractivity contribution in [3.63, 3.8) is 0 Å². The molecular formula is C10H24B20O2Si3. The Hall–Kier alpha value is 1.87. The lowest BCUT2D eigenvalue weighted by atomic mass is 8.79. The summed E-state index contributed by atoms with van der Waals surface area (Å²) >= 11 is 0. The maximum Gasteiger partial charge on any atom is 0.311 e. The Balaban J connectivity index is 5.75. The van der Waals surface area contributed by atoms with E-state index < -0.39 is 74.5 Å². The van der Waals surface area contributed by atoms with E-state index in [-0.39, 0.29) is 0 Å². The highest BCUT2D eigenvalue weighted by molar-refractivity contribution is 7.65. The molecule has 0 aromatic rings. The van der Waals surface area contributed by atoms with Crippen molar-refractivity contribution in [2.24, 2.45) is 0 Å². The number of hydrogen-bond donors (Lipinski definition) is 0. The highest BCUT2D eigenvalue weighted by atomic mass is 28.5. The highest BCUT2D eigenvalue weighted by Crippen LogP contribution is 2.44. The first-order chi connectivity index (χ1) is 15.8. The maximum absolute atomic E-state index is 6.83. The Labute approximate surface area is 239 Å². The molecule has 148 valence electrons. The minimum Gasteiger partial charge on any atom is -0.438 e. The van der Waals surface area contributed by atoms with Crippen molar-refractivity contribution in [3.8, 4) is 0 Å². The summed E-state index contributed by atoms with van der Waals surface area (Å²) in [7, 11) is 60.0. The molecule has 0 N–H and O–H groups in total. The molecule has 0 aliphatic carbocycles. The van der Waals surface area contributed by atoms with Gasteiger partial charge in [-0.2, -0.15) is 0 Å². The van der Waals surface area contributed by atoms with Crippen LogP contribution in [0, 0.1) is 0 Å². The van der Waals surface area contributed by atoms with Gasteiger partial charge in [-0.3, -0.25) is 0 Å². The van der Waals surface area contributed by atoms with E-state index in [9.17, 15) is 0 Å². The van der Waals surface area contributed by atoms with Crippen LogP contribution in [0.5, 0.6) is 0 Å². The van der Waals surface area contributed by atoms with Gasteiger partial charge in [0.25, 0.3) is 0 Å². The smallest absolute Gasteiger partial charge is 0.311 e. The van der Waals surface area contributed by atoms with E-state index in [4.69, 9.17) is 85.6 Å². The summed E-state index contributed by atoms with van der Waals surface area (Å²) in [6.07, 6.45) is 0. The van der Waals surface area contributed by atoms with Crippen LogP contribution in [0.15, 0.2) is 0 Å². The maximum atomic E-state index is 6.83. The zero-order valence-electron chi connectivity index (χ0n) is 22.6. The van der Waals surface area contributed by atoms with Gasteiger partial charge in [-0.15, -0.1) is 17.2 Å². The summed E-state index contributed by atoms with van der Waals surface area (Å²) in [5, 5.41) is 0. The van der Waals surface area contributed by atoms with E-state index in [0.29, 0.717) is 5.94 Å². The van der Waals surface area contributed by atoms with Gasteiger partial charge in [0.2, 0.25) is 0 Å². The average Bonchev–Trinajstić information content (AvgIpc) is 2.69. The summed E-state index contributed by atoms with van der Waals surface area (Å²) in [4.78, 5) is 0. The van der Waals surface area contributed by atoms with Gasteiger partial charge in [0.1, 0.15) is 0 Å². The summed E-state index contributed by atoms with van der Waals surface area (Å²) in [5.74, 6) is 0.635. The quantitative estimate of drug-likeness (QED) is 0.201. The molecule has 0 bridgehead atoms. The van der Waals surface area contributed by atoms with E-state index >= 15 is 0 Å². The molecule has 2 atom stereocenters. The second-order valence-corrected chi connectivity index (χ2v) is 23.1. The predicted molar refractivity (Wildman–Crippen MR) is 187 cm³/mol. The number of hydrogen-bond acceptors (Lipinski definition) is 2. The lowest BCUT2D eigenvalue weighted by molar-refractivity contribution is 0.390. The number of rotatable bonds is 17. The van der Waals surface area contributed by atoms with Crippen molar-refractivity contribution in [1.82, 2.24) is 0 Å². The molecule has 0 spiro atoms. The van der Waals surface area contributed by atoms with Crippen LogP contribution in [0.3, 0.4) is 0 Å². The van der Waals surface area contributed by atoms with Gasteiger partial charge in [-0.1, -0.05) is 5.94 Å². The van der Waals surface area contributed by atoms with Crippen LogP contribution in [0.2, 0.25) is 62.4 Å². The largest absolute Gasteiger partial charge is 0.438 e. The molecule has 0 aromatic heterocycles. The third kappa shape index (κ3) is 9.78. The molecule has 0 fully saturated rings. The molecule has 0 amide bonds. The van der Waals surface area contributed by atoms with Crippen molar-refractivity contribution in [3.05, 3.63) is 0 Å². The topological polar surface area (TPSA) is 18.5 Å². The Morgan fingerprint density at radius 3 is 1.66 bits per heavy atom. The Bertz CT molecular complexity index is 618. The van der Waals surface area contributed by atoms with Gasteiger partial charge in [0, 0.05) is 130 Å². The summed E-state index contributed by atoms with van der Waals surface area (Å²) in [5.41, 5.74) is -0.398. The molecule has 35 heavy (non-hydrogen) atoms. The average molecular weight is 477 g/mol. The second-order valence-electron chi connectivity index (χ2n) is 10.9. The minimum atomic E-state index is -2.83. The van der Waals surface area contributed by atoms with Gasteiger partial charge in [0.05, 0.1) is 14.3 Å². The molecule has 0 saturated carbocycles. The Kier molecular flexibility index (Phi) is 15.8. The lowest BCUT2D eigenvalue weighted by Crippen LogP contribution is -2.74. The summed E-state index contributed by atoms with van der Waals surface area (Å²) in [6.45, 7) is 10.3. The summed E-state index contributed by atoms with van der Waals surface area (Å²) in [6, 6.07) is 0. The first kappa shape index (κ1) is 36.9. The molecule has 24 radical (unpaired) electrons. The van der Waals surface area contributed by atoms with E-state index in [1.165, 1.54) is 14.1 Å². The molecule has 0 rings (SSSR count). The van der Waals surface area contributed by atoms with Crippen LogP contribution in [0.4, 0.5) is 0 Å². The van der Waals surface area contributed by atoms with E-state index in [1.54, 1.807) is 0 Å². The third-order valence-electron chi connectivity index (χ3n) is 6.72. The lowest BCUT2D eigenvalue weighted by Gasteiger charge is -2.58. The van der Waals surface area contributed by atoms with Crippen molar-refractivity contribution >= 4 is 170 Å². The van der Waals surface area contributed by atoms with E-state index in [2.05, 4.69) is 13.1 Å². The van der Waals surface area contributed by atoms with E-state index in [1.807, 2.05) is 47.4 Å². The van der Waals surface area contributed by atoms with Gasteiger partial charge < -0.3 is 8.23 Å². The van der Waals surface area contributed by atoms with Crippen LogP contribution >= 0.6 is 0 Å². The molecular weight excluding hydrogens is 453 g/mol. The van der Waals surface area contributed by atoms with Gasteiger partial charge in [0.15, 0.2) is 16.6 Å². The molecule has 0 aliphatic rings. The molecule has 2 unspecified atom stereocenters. The van der Waals surface area contributed by atoms with Crippen LogP contribution in [0.25, 0.3) is 0 Å². The van der Waals surface area contributed by atoms with Crippen LogP contribution in [-0.4, -0.2) is 170 Å². The zero-order chi connectivity index (χ0) is 28.0. The molecule has 0 aromatic carbocycles. The molecule has 0 aliphatic heterocycles. The molecule has 25 heteroatoms. The standard InChI is InChI=1S/C10H24B20O2Si3/c1-21-29(19)10(28(17)18,30(20)24-12)34(4,5)32-35(6,7)31-33(2,3)8-22-26(15)9(25(13)14)27(16)23-11/h9H,8H2,1-7H3. The third-order valence-corrected chi connectivity index (χ3v) is 19.2. The monoisotopic (exact) mass is 480 g/mol. The van der Waals surface area contributed by atoms with Crippen LogP contribution in [0.1, 0.15) is 0 Å². The molecule has 2 nitrogen and oxygen atoms in total. The Morgan fingerprint density at radius 1 is 0.771 bits per heavy atom. The van der Waals surface area contributed by atoms with Crippen molar-refractivity contribution < 1.29 is 8.23 Å². The van der Waals surface area contributed by atoms with Crippen molar-refractivity contribution in [2.45, 2.75) is 62.4 Å². The fourth-order valence-corrected chi connectivity index (χ4v) is 20.5. The molecule has 0 saturated heterocycles. The van der Waals surface area contributed by atoms with E-state index in [0.717, 1.165) is 0 Å². The van der Waals surface area contributed by atoms with Gasteiger partial charge in [-0.05, 0) is 39.3 Å². The van der Waals surface area contributed by atoms with Crippen molar-refractivity contribution in [1.29, 1.82) is 0 Å². The normalized spacial score (nSPS) is 14.6. The summed E-state index contributed by atoms with van der Waals surface area (Å²) < 4.78 is 12.6. The predicted octanol–water partition coefficient (Wildman–Crippen LogP) is -3.80. The fraction of sp³-hybridized carbons (Fsp3) is 1.00. The zero-order valence-corrected chi connectivity index (χ0v) is 25.6. The van der Waals surface area contributed by atoms with Gasteiger partial charge in [-0.25, -0.2) is 0 Å².